The van der Waals surface area contributed by atoms with Crippen LogP contribution in [-0.4, -0.2) is 162 Å². The number of amides is 1. The molecule has 4 fully saturated rings. The van der Waals surface area contributed by atoms with Crippen molar-refractivity contribution in [3.63, 3.8) is 0 Å². The van der Waals surface area contributed by atoms with Crippen molar-refractivity contribution in [2.45, 2.75) is 179 Å². The highest BCUT2D eigenvalue weighted by atomic mass is 16.7. The van der Waals surface area contributed by atoms with E-state index in [1.54, 1.807) is 34.0 Å². The fourth-order valence-corrected chi connectivity index (χ4v) is 11.0. The fourth-order valence-electron chi connectivity index (χ4n) is 11.0. The van der Waals surface area contributed by atoms with Crippen LogP contribution in [0.25, 0.3) is 0 Å². The van der Waals surface area contributed by atoms with Crippen LogP contribution in [0, 0.1) is 35.5 Å². The molecule has 72 heavy (non-hydrogen) atoms. The number of hydrogen-bond donors (Lipinski definition) is 4. The molecule has 2 bridgehead atoms. The Morgan fingerprint density at radius 2 is 1.61 bits per heavy atom. The minimum absolute atomic E-state index is 0.0403. The van der Waals surface area contributed by atoms with Crippen LogP contribution >= 0.6 is 0 Å². The predicted octanol–water partition coefficient (Wildman–Crippen LogP) is 5.06. The maximum Gasteiger partial charge on any atom is 0.508 e. The number of allylic oxidation sites excluding steroid dienone is 6. The Kier molecular flexibility index (Phi) is 21.9. The lowest BCUT2D eigenvalue weighted by molar-refractivity contribution is -0.265. The van der Waals surface area contributed by atoms with Crippen molar-refractivity contribution in [3.8, 4) is 0 Å². The third kappa shape index (κ3) is 14.6. The molecule has 0 spiro atoms. The van der Waals surface area contributed by atoms with Crippen molar-refractivity contribution < 1.29 is 82.4 Å². The molecule has 18 heteroatoms. The van der Waals surface area contributed by atoms with Gasteiger partial charge in [0.1, 0.15) is 49.0 Å². The average Bonchev–Trinajstić information content (AvgIpc) is 3.36. The number of nitrogens with zero attached hydrogens (tertiary/aromatic N) is 1. The van der Waals surface area contributed by atoms with E-state index in [-0.39, 0.29) is 49.2 Å². The van der Waals surface area contributed by atoms with Crippen molar-refractivity contribution in [2.75, 3.05) is 41.1 Å². The van der Waals surface area contributed by atoms with E-state index in [0.29, 0.717) is 63.4 Å². The second-order valence-electron chi connectivity index (χ2n) is 20.9. The zero-order chi connectivity index (χ0) is 53.0. The number of carbonyl (C=O) groups excluding carboxylic acids is 6. The zero-order valence-corrected chi connectivity index (χ0v) is 43.7. The lowest BCUT2D eigenvalue weighted by atomic mass is 9.67. The molecule has 2 aliphatic carbocycles. The second-order valence-corrected chi connectivity index (χ2v) is 20.9. The van der Waals surface area contributed by atoms with Crippen molar-refractivity contribution in [3.05, 3.63) is 47.1 Å². The predicted molar refractivity (Wildman–Crippen MR) is 262 cm³/mol. The molecule has 2 saturated heterocycles. The van der Waals surface area contributed by atoms with Crippen molar-refractivity contribution >= 4 is 35.4 Å². The molecule has 1 amide bonds. The van der Waals surface area contributed by atoms with Crippen LogP contribution in [0.15, 0.2) is 47.1 Å². The van der Waals surface area contributed by atoms with E-state index in [2.05, 4.69) is 0 Å². The molecule has 3 unspecified atom stereocenters. The van der Waals surface area contributed by atoms with Gasteiger partial charge in [0.2, 0.25) is 5.79 Å². The normalized spacial score (nSPS) is 38.6. The Morgan fingerprint density at radius 1 is 0.889 bits per heavy atom. The SMILES string of the molecule is CO[C@H]1CC2CC[C@@H](C)[C@@](O)(O2)C(=O)C(=O)N2CCCCC2C(=O)O[C@H]([C@H](C)C[C@@H]2CC[C@@H](OC(=O)OCC(O)CO)[C@H](OC)C2)CC(=O)[C@H](C)/C=C(\C)[C@@H](O)[C@@H](OC)C(=O)[C@H]2C[C@H](C)/C2=C/C=C/C=C/1C. The largest absolute Gasteiger partial charge is 0.508 e. The van der Waals surface area contributed by atoms with Crippen LogP contribution in [0.5, 0.6) is 0 Å². The number of methoxy groups -OCH3 is 3. The summed E-state index contributed by atoms with van der Waals surface area (Å²) in [7, 11) is 4.41. The minimum Gasteiger partial charge on any atom is -0.460 e. The van der Waals surface area contributed by atoms with E-state index in [1.807, 2.05) is 45.1 Å². The topological polar surface area (TPSA) is 251 Å². The summed E-state index contributed by atoms with van der Waals surface area (Å²) in [5, 5.41) is 42.2. The molecule has 3 aliphatic heterocycles. The van der Waals surface area contributed by atoms with Crippen molar-refractivity contribution in [2.24, 2.45) is 35.5 Å². The lowest BCUT2D eigenvalue weighted by Gasteiger charge is -2.42. The van der Waals surface area contributed by atoms with E-state index < -0.39 is 121 Å². The summed E-state index contributed by atoms with van der Waals surface area (Å²) < 4.78 is 40.1. The highest BCUT2D eigenvalue weighted by Crippen LogP contribution is 2.42. The number of fused-ring (bicyclic) bond motifs is 4. The van der Waals surface area contributed by atoms with Crippen LogP contribution < -0.4 is 0 Å². The number of carbonyl (C=O) groups is 6. The molecule has 404 valence electrons. The highest BCUT2D eigenvalue weighted by molar-refractivity contribution is 6.39. The Hall–Kier alpha value is -4.14. The molecule has 0 aromatic heterocycles. The second kappa shape index (κ2) is 26.9. The minimum atomic E-state index is -2.47. The van der Waals surface area contributed by atoms with Crippen LogP contribution in [0.3, 0.4) is 0 Å². The first-order valence-electron chi connectivity index (χ1n) is 25.8. The zero-order valence-electron chi connectivity index (χ0n) is 43.7. The van der Waals surface area contributed by atoms with E-state index in [1.165, 1.54) is 14.2 Å². The number of ketones is 3. The Bertz CT molecular complexity index is 2030. The Labute approximate surface area is 424 Å². The third-order valence-corrected chi connectivity index (χ3v) is 15.7. The highest BCUT2D eigenvalue weighted by Gasteiger charge is 2.53. The number of rotatable bonds is 10. The number of ether oxygens (including phenoxy) is 7. The first-order chi connectivity index (χ1) is 34.2. The van der Waals surface area contributed by atoms with Crippen LogP contribution in [0.1, 0.15) is 119 Å². The number of piperidine rings is 1. The number of Topliss-reactive ketones (excluding diaryl/α,β-unsaturated/α-hetero) is 3. The summed E-state index contributed by atoms with van der Waals surface area (Å²) in [4.78, 5) is 85.0. The monoisotopic (exact) mass is 1020 g/mol. The number of esters is 1. The first kappa shape index (κ1) is 58.7. The average molecular weight is 1020 g/mol. The van der Waals surface area contributed by atoms with Crippen molar-refractivity contribution in [1.29, 1.82) is 0 Å². The smallest absolute Gasteiger partial charge is 0.460 e. The van der Waals surface area contributed by atoms with E-state index in [9.17, 15) is 44.1 Å². The van der Waals surface area contributed by atoms with Gasteiger partial charge < -0.3 is 58.5 Å². The molecule has 5 rings (SSSR count). The molecule has 0 radical (unpaired) electrons. The van der Waals surface area contributed by atoms with E-state index in [4.69, 9.17) is 38.3 Å². The third-order valence-electron chi connectivity index (χ3n) is 15.7. The maximum absolute atomic E-state index is 14.5. The van der Waals surface area contributed by atoms with E-state index in [0.717, 1.165) is 16.0 Å². The molecule has 2 saturated carbocycles. The van der Waals surface area contributed by atoms with Crippen LogP contribution in [0.4, 0.5) is 4.79 Å². The standard InChI is InChI=1S/C54H81NO17/c1-30-14-10-11-15-39-31(2)24-40(39)48(60)49(68-9)47(59)34(5)22-32(3)42(58)27-45(33(4)23-36-18-20-43(46(25-36)67-8)71-53(64)69-29-37(57)28-56)70-52(63)41-16-12-13-21-55(41)51(62)50(61)54(65)35(6)17-19-38(72-54)26-44(30)66-7/h10-11,14-15,22,31-33,35-38,40-41,43-47,49,56-57,59,65H,12-13,16-21,23-29H2,1-9H3/b11-10+,30-14+,34-22+,39-15-/t31-,32+,33+,35+,36-,37?,38?,40-,41?,43+,44-,45-,46+,47+,49+,54+/m0/s1. The molecule has 5 aliphatic rings. The summed E-state index contributed by atoms with van der Waals surface area (Å²) in [6.07, 6.45) is 5.41. The fraction of sp³-hybridized carbons (Fsp3) is 0.741. The van der Waals surface area contributed by atoms with Gasteiger partial charge in [0.05, 0.1) is 24.9 Å². The van der Waals surface area contributed by atoms with Gasteiger partial charge in [0.25, 0.3) is 11.7 Å². The van der Waals surface area contributed by atoms with Crippen LogP contribution in [-0.2, 0) is 57.1 Å². The number of cyclic esters (lactones) is 1. The van der Waals surface area contributed by atoms with Gasteiger partial charge in [-0.05, 0) is 107 Å². The molecular formula is C54H81NO17. The molecule has 3 heterocycles. The number of aliphatic hydroxyl groups excluding tert-OH is 3. The summed E-state index contributed by atoms with van der Waals surface area (Å²) >= 11 is 0. The molecular weight excluding hydrogens is 935 g/mol. The van der Waals surface area contributed by atoms with Gasteiger partial charge in [0.15, 0.2) is 5.78 Å². The van der Waals surface area contributed by atoms with Gasteiger partial charge in [-0.2, -0.15) is 0 Å². The molecule has 0 aromatic carbocycles. The van der Waals surface area contributed by atoms with Gasteiger partial charge in [-0.1, -0.05) is 63.6 Å². The Morgan fingerprint density at radius 3 is 2.28 bits per heavy atom. The van der Waals surface area contributed by atoms with Gasteiger partial charge in [-0.15, -0.1) is 0 Å². The quantitative estimate of drug-likeness (QED) is 0.127. The van der Waals surface area contributed by atoms with Crippen molar-refractivity contribution in [1.82, 2.24) is 4.90 Å². The summed E-state index contributed by atoms with van der Waals surface area (Å²) in [6, 6.07) is -1.20. The summed E-state index contributed by atoms with van der Waals surface area (Å²) in [6.45, 7) is 9.73. The Balaban J connectivity index is 1.45. The molecule has 0 aromatic rings. The molecule has 4 N–H and O–H groups in total. The first-order valence-corrected chi connectivity index (χ1v) is 25.8. The summed E-state index contributed by atoms with van der Waals surface area (Å²) in [5.74, 6) is -8.52. The molecule has 18 nitrogen and oxygen atoms in total. The lowest BCUT2D eigenvalue weighted by Crippen LogP contribution is -2.61. The van der Waals surface area contributed by atoms with Crippen LogP contribution in [0.2, 0.25) is 0 Å². The number of aliphatic hydroxyl groups is 4. The van der Waals surface area contributed by atoms with Gasteiger partial charge in [-0.3, -0.25) is 19.2 Å². The van der Waals surface area contributed by atoms with Gasteiger partial charge in [0, 0.05) is 58.5 Å². The van der Waals surface area contributed by atoms with E-state index >= 15 is 0 Å². The van der Waals surface area contributed by atoms with Gasteiger partial charge in [-0.25, -0.2) is 9.59 Å². The maximum atomic E-state index is 14.5. The van der Waals surface area contributed by atoms with Gasteiger partial charge >= 0.3 is 12.1 Å². The number of hydrogen-bond acceptors (Lipinski definition) is 17. The summed E-state index contributed by atoms with van der Waals surface area (Å²) in [5.41, 5.74) is 2.08. The molecule has 16 atom stereocenters.